The molecule has 1 atom stereocenters. The van der Waals surface area contributed by atoms with E-state index < -0.39 is 0 Å². The molecule has 4 rings (SSSR count). The SMILES string of the molecule is COc1ccc2cc(COC(=O)[C@H]3CC(=O)N(C4CC4)C3)ccc2c1. The zero-order valence-corrected chi connectivity index (χ0v) is 14.2. The maximum Gasteiger partial charge on any atom is 0.311 e. The first-order valence-electron chi connectivity index (χ1n) is 8.67. The fourth-order valence-electron chi connectivity index (χ4n) is 3.39. The number of amides is 1. The summed E-state index contributed by atoms with van der Waals surface area (Å²) in [5.41, 5.74) is 0.939. The molecule has 2 fully saturated rings. The molecular formula is C20H21NO4. The summed E-state index contributed by atoms with van der Waals surface area (Å²) < 4.78 is 10.7. The second kappa shape index (κ2) is 6.39. The van der Waals surface area contributed by atoms with Gasteiger partial charge in [-0.15, -0.1) is 0 Å². The van der Waals surface area contributed by atoms with Crippen molar-refractivity contribution in [3.05, 3.63) is 42.0 Å². The van der Waals surface area contributed by atoms with Crippen LogP contribution in [0.1, 0.15) is 24.8 Å². The van der Waals surface area contributed by atoms with Crippen LogP contribution in [-0.4, -0.2) is 36.5 Å². The molecular weight excluding hydrogens is 318 g/mol. The van der Waals surface area contributed by atoms with Crippen LogP contribution in [0.15, 0.2) is 36.4 Å². The molecule has 2 aromatic rings. The number of fused-ring (bicyclic) bond motifs is 1. The van der Waals surface area contributed by atoms with Crippen LogP contribution in [0.3, 0.4) is 0 Å². The van der Waals surface area contributed by atoms with Crippen LogP contribution < -0.4 is 4.74 Å². The first-order valence-corrected chi connectivity index (χ1v) is 8.67. The minimum absolute atomic E-state index is 0.0871. The lowest BCUT2D eigenvalue weighted by Crippen LogP contribution is -2.28. The van der Waals surface area contributed by atoms with Gasteiger partial charge in [-0.2, -0.15) is 0 Å². The Balaban J connectivity index is 1.38. The number of rotatable bonds is 5. The molecule has 25 heavy (non-hydrogen) atoms. The Hall–Kier alpha value is -2.56. The average molecular weight is 339 g/mol. The molecule has 1 aliphatic carbocycles. The van der Waals surface area contributed by atoms with Gasteiger partial charge in [0.1, 0.15) is 12.4 Å². The smallest absolute Gasteiger partial charge is 0.311 e. The lowest BCUT2D eigenvalue weighted by Gasteiger charge is -2.15. The van der Waals surface area contributed by atoms with Crippen LogP contribution in [-0.2, 0) is 20.9 Å². The van der Waals surface area contributed by atoms with E-state index in [1.165, 1.54) is 0 Å². The van der Waals surface area contributed by atoms with E-state index in [2.05, 4.69) is 0 Å². The Kier molecular flexibility index (Phi) is 4.07. The number of carbonyl (C=O) groups excluding carboxylic acids is 2. The Bertz CT molecular complexity index is 828. The quantitative estimate of drug-likeness (QED) is 0.786. The van der Waals surface area contributed by atoms with Crippen molar-refractivity contribution in [3.8, 4) is 5.75 Å². The van der Waals surface area contributed by atoms with Crippen LogP contribution in [0.2, 0.25) is 0 Å². The first kappa shape index (κ1) is 15.9. The summed E-state index contributed by atoms with van der Waals surface area (Å²) in [5, 5.41) is 2.15. The highest BCUT2D eigenvalue weighted by molar-refractivity contribution is 5.87. The molecule has 1 saturated heterocycles. The summed E-state index contributed by atoms with van der Waals surface area (Å²) in [4.78, 5) is 26.1. The van der Waals surface area contributed by atoms with Crippen molar-refractivity contribution in [2.24, 2.45) is 5.92 Å². The van der Waals surface area contributed by atoms with Crippen LogP contribution >= 0.6 is 0 Å². The summed E-state index contributed by atoms with van der Waals surface area (Å²) in [6, 6.07) is 12.2. The van der Waals surface area contributed by atoms with Gasteiger partial charge in [-0.25, -0.2) is 0 Å². The van der Waals surface area contributed by atoms with Gasteiger partial charge in [0.2, 0.25) is 5.91 Å². The summed E-state index contributed by atoms with van der Waals surface area (Å²) in [6.07, 6.45) is 2.41. The summed E-state index contributed by atoms with van der Waals surface area (Å²) in [7, 11) is 1.65. The lowest BCUT2D eigenvalue weighted by atomic mass is 10.1. The zero-order chi connectivity index (χ0) is 17.4. The predicted molar refractivity (Wildman–Crippen MR) is 93.1 cm³/mol. The van der Waals surface area contributed by atoms with Crippen molar-refractivity contribution in [1.82, 2.24) is 4.90 Å². The summed E-state index contributed by atoms with van der Waals surface area (Å²) in [5.74, 6) is 0.311. The summed E-state index contributed by atoms with van der Waals surface area (Å²) in [6.45, 7) is 0.745. The van der Waals surface area contributed by atoms with Crippen molar-refractivity contribution in [3.63, 3.8) is 0 Å². The van der Waals surface area contributed by atoms with Crippen LogP contribution in [0.5, 0.6) is 5.75 Å². The highest BCUT2D eigenvalue weighted by atomic mass is 16.5. The lowest BCUT2D eigenvalue weighted by molar-refractivity contribution is -0.149. The van der Waals surface area contributed by atoms with Gasteiger partial charge in [-0.1, -0.05) is 18.2 Å². The highest BCUT2D eigenvalue weighted by Crippen LogP contribution is 2.33. The first-order chi connectivity index (χ1) is 12.1. The number of esters is 1. The largest absolute Gasteiger partial charge is 0.497 e. The van der Waals surface area contributed by atoms with E-state index in [0.717, 1.165) is 34.9 Å². The van der Waals surface area contributed by atoms with Gasteiger partial charge >= 0.3 is 5.97 Å². The molecule has 0 N–H and O–H groups in total. The van der Waals surface area contributed by atoms with Gasteiger partial charge in [-0.05, 0) is 47.4 Å². The molecule has 1 amide bonds. The molecule has 1 heterocycles. The fourth-order valence-corrected chi connectivity index (χ4v) is 3.39. The maximum atomic E-state index is 12.3. The topological polar surface area (TPSA) is 55.8 Å². The maximum absolute atomic E-state index is 12.3. The van der Waals surface area contributed by atoms with E-state index in [1.807, 2.05) is 41.3 Å². The fraction of sp³-hybridized carbons (Fsp3) is 0.400. The number of nitrogens with zero attached hydrogens (tertiary/aromatic N) is 1. The van der Waals surface area contributed by atoms with Crippen molar-refractivity contribution < 1.29 is 19.1 Å². The Labute approximate surface area is 146 Å². The third kappa shape index (κ3) is 3.31. The third-order valence-electron chi connectivity index (χ3n) is 4.97. The molecule has 0 spiro atoms. The Morgan fingerprint density at radius 2 is 1.92 bits per heavy atom. The van der Waals surface area contributed by atoms with Gasteiger partial charge in [0.15, 0.2) is 0 Å². The molecule has 5 nitrogen and oxygen atoms in total. The van der Waals surface area contributed by atoms with E-state index in [4.69, 9.17) is 9.47 Å². The van der Waals surface area contributed by atoms with Crippen LogP contribution in [0.4, 0.5) is 0 Å². The number of hydrogen-bond donors (Lipinski definition) is 0. The van der Waals surface area contributed by atoms with E-state index >= 15 is 0 Å². The van der Waals surface area contributed by atoms with Crippen LogP contribution in [0.25, 0.3) is 10.8 Å². The number of ether oxygens (including phenoxy) is 2. The van der Waals surface area contributed by atoms with Crippen LogP contribution in [0, 0.1) is 5.92 Å². The highest BCUT2D eigenvalue weighted by Gasteiger charge is 2.42. The minimum atomic E-state index is -0.321. The molecule has 0 aromatic heterocycles. The van der Waals surface area contributed by atoms with E-state index in [9.17, 15) is 9.59 Å². The van der Waals surface area contributed by atoms with Gasteiger partial charge in [0, 0.05) is 19.0 Å². The number of hydrogen-bond acceptors (Lipinski definition) is 4. The van der Waals surface area contributed by atoms with Crippen molar-refractivity contribution in [2.75, 3.05) is 13.7 Å². The van der Waals surface area contributed by atoms with E-state index in [0.29, 0.717) is 12.6 Å². The molecule has 1 aliphatic heterocycles. The summed E-state index contributed by atoms with van der Waals surface area (Å²) >= 11 is 0. The predicted octanol–water partition coefficient (Wildman–Crippen LogP) is 2.90. The van der Waals surface area contributed by atoms with Crippen molar-refractivity contribution in [1.29, 1.82) is 0 Å². The van der Waals surface area contributed by atoms with Gasteiger partial charge < -0.3 is 14.4 Å². The molecule has 0 unspecified atom stereocenters. The van der Waals surface area contributed by atoms with Gasteiger partial charge in [0.05, 0.1) is 13.0 Å². The molecule has 0 radical (unpaired) electrons. The number of methoxy groups -OCH3 is 1. The molecule has 5 heteroatoms. The van der Waals surface area contributed by atoms with Gasteiger partial charge in [0.25, 0.3) is 0 Å². The normalized spacial score (nSPS) is 20.1. The second-order valence-electron chi connectivity index (χ2n) is 6.83. The average Bonchev–Trinajstić information content (AvgIpc) is 3.40. The Morgan fingerprint density at radius 1 is 1.16 bits per heavy atom. The molecule has 130 valence electrons. The standard InChI is InChI=1S/C20H21NO4/c1-24-18-7-4-14-8-13(2-3-15(14)9-18)12-25-20(23)16-10-19(22)21(11-16)17-5-6-17/h2-4,7-9,16-17H,5-6,10-12H2,1H3/t16-/m0/s1. The number of benzene rings is 2. The minimum Gasteiger partial charge on any atom is -0.497 e. The zero-order valence-electron chi connectivity index (χ0n) is 14.2. The van der Waals surface area contributed by atoms with Crippen molar-refractivity contribution in [2.45, 2.75) is 31.9 Å². The molecule has 1 saturated carbocycles. The monoisotopic (exact) mass is 339 g/mol. The van der Waals surface area contributed by atoms with E-state index in [-0.39, 0.29) is 30.8 Å². The Morgan fingerprint density at radius 3 is 2.68 bits per heavy atom. The second-order valence-corrected chi connectivity index (χ2v) is 6.83. The molecule has 2 aliphatic rings. The van der Waals surface area contributed by atoms with E-state index in [1.54, 1.807) is 7.11 Å². The van der Waals surface area contributed by atoms with Gasteiger partial charge in [-0.3, -0.25) is 9.59 Å². The number of likely N-dealkylation sites (tertiary alicyclic amines) is 1. The third-order valence-corrected chi connectivity index (χ3v) is 4.97. The molecule has 0 bridgehead atoms. The molecule has 2 aromatic carbocycles. The number of carbonyl (C=O) groups is 2. The van der Waals surface area contributed by atoms with Crippen molar-refractivity contribution >= 4 is 22.6 Å².